The zero-order valence-corrected chi connectivity index (χ0v) is 18.7. The number of likely N-dealkylation sites (tertiary alicyclic amines) is 1. The summed E-state index contributed by atoms with van der Waals surface area (Å²) in [6.45, 7) is 4.82. The standard InChI is InChI=1S/C21H23FN2O2S2.ClH/c1-14(25)19-5-6-20(28-19)27-12-2-9-24-10-7-15(8-11-24)21-17-4-3-16(22)13-18(17)26-23-21;/h3-6,13,15H,2,7-12H2,1H3;1H. The third-order valence-electron chi connectivity index (χ3n) is 5.23. The molecule has 0 N–H and O–H groups in total. The molecule has 4 nitrogen and oxygen atoms in total. The molecule has 1 fully saturated rings. The average molecular weight is 455 g/mol. The average Bonchev–Trinajstić information content (AvgIpc) is 3.32. The van der Waals surface area contributed by atoms with E-state index >= 15 is 0 Å². The number of fused-ring (bicyclic) bond motifs is 1. The molecule has 1 aliphatic rings. The fourth-order valence-corrected chi connectivity index (χ4v) is 5.73. The second-order valence-corrected chi connectivity index (χ2v) is 9.68. The minimum atomic E-state index is -0.289. The zero-order valence-electron chi connectivity index (χ0n) is 16.2. The number of hydrogen-bond donors (Lipinski definition) is 0. The van der Waals surface area contributed by atoms with E-state index in [2.05, 4.69) is 10.1 Å². The molecular formula is C21H24ClFN2O2S2. The molecule has 0 unspecified atom stereocenters. The van der Waals surface area contributed by atoms with Gasteiger partial charge < -0.3 is 9.42 Å². The van der Waals surface area contributed by atoms with E-state index in [1.165, 1.54) is 16.3 Å². The Morgan fingerprint density at radius 1 is 1.31 bits per heavy atom. The first kappa shape index (κ1) is 22.3. The van der Waals surface area contributed by atoms with Crippen molar-refractivity contribution in [3.05, 3.63) is 46.7 Å². The van der Waals surface area contributed by atoms with Crippen LogP contribution in [0.3, 0.4) is 0 Å². The van der Waals surface area contributed by atoms with Gasteiger partial charge in [0.25, 0.3) is 0 Å². The van der Waals surface area contributed by atoms with Crippen molar-refractivity contribution in [2.24, 2.45) is 0 Å². The van der Waals surface area contributed by atoms with Gasteiger partial charge in [-0.25, -0.2) is 4.39 Å². The van der Waals surface area contributed by atoms with E-state index in [4.69, 9.17) is 4.52 Å². The van der Waals surface area contributed by atoms with Gasteiger partial charge in [0.05, 0.1) is 14.8 Å². The minimum absolute atomic E-state index is 0. The highest BCUT2D eigenvalue weighted by Crippen LogP contribution is 2.33. The maximum atomic E-state index is 13.3. The van der Waals surface area contributed by atoms with E-state index in [1.54, 1.807) is 24.3 Å². The predicted molar refractivity (Wildman–Crippen MR) is 119 cm³/mol. The van der Waals surface area contributed by atoms with Crippen molar-refractivity contribution in [3.63, 3.8) is 0 Å². The Hall–Kier alpha value is -1.41. The van der Waals surface area contributed by atoms with Crippen molar-refractivity contribution >= 4 is 52.3 Å². The van der Waals surface area contributed by atoms with Gasteiger partial charge in [0.2, 0.25) is 0 Å². The van der Waals surface area contributed by atoms with Crippen LogP contribution in [0, 0.1) is 5.82 Å². The Morgan fingerprint density at radius 2 is 2.10 bits per heavy atom. The first-order chi connectivity index (χ1) is 13.6. The molecule has 1 saturated heterocycles. The second kappa shape index (κ2) is 10.1. The molecule has 1 aliphatic heterocycles. The molecule has 3 aromatic rings. The highest BCUT2D eigenvalue weighted by Gasteiger charge is 2.24. The lowest BCUT2D eigenvalue weighted by Gasteiger charge is -2.31. The maximum absolute atomic E-state index is 13.3. The van der Waals surface area contributed by atoms with Gasteiger partial charge in [-0.3, -0.25) is 4.79 Å². The summed E-state index contributed by atoms with van der Waals surface area (Å²) >= 11 is 3.42. The lowest BCUT2D eigenvalue weighted by molar-refractivity contribution is 0.102. The number of piperidine rings is 1. The molecule has 3 heterocycles. The van der Waals surface area contributed by atoms with E-state index in [1.807, 2.05) is 23.9 Å². The van der Waals surface area contributed by atoms with Crippen LogP contribution < -0.4 is 0 Å². The number of ketones is 1. The first-order valence-electron chi connectivity index (χ1n) is 9.61. The first-order valence-corrected chi connectivity index (χ1v) is 11.4. The van der Waals surface area contributed by atoms with Gasteiger partial charge >= 0.3 is 0 Å². The highest BCUT2D eigenvalue weighted by atomic mass is 35.5. The van der Waals surface area contributed by atoms with Crippen molar-refractivity contribution < 1.29 is 13.7 Å². The summed E-state index contributed by atoms with van der Waals surface area (Å²) in [5, 5.41) is 5.16. The normalized spacial score (nSPS) is 15.5. The molecule has 156 valence electrons. The molecule has 0 bridgehead atoms. The van der Waals surface area contributed by atoms with E-state index < -0.39 is 0 Å². The number of halogens is 2. The van der Waals surface area contributed by atoms with Gasteiger partial charge in [-0.05, 0) is 70.1 Å². The Bertz CT molecular complexity index is 967. The smallest absolute Gasteiger partial charge is 0.170 e. The number of rotatable bonds is 7. The molecule has 0 spiro atoms. The molecule has 4 rings (SSSR count). The van der Waals surface area contributed by atoms with Gasteiger partial charge in [-0.1, -0.05) is 5.16 Å². The van der Waals surface area contributed by atoms with Crippen molar-refractivity contribution in [2.75, 3.05) is 25.4 Å². The third-order valence-corrected chi connectivity index (χ3v) is 7.73. The zero-order chi connectivity index (χ0) is 19.5. The molecule has 0 radical (unpaired) electrons. The van der Waals surface area contributed by atoms with Crippen LogP contribution in [0.4, 0.5) is 4.39 Å². The van der Waals surface area contributed by atoms with E-state index in [0.29, 0.717) is 11.5 Å². The summed E-state index contributed by atoms with van der Waals surface area (Å²) in [6, 6.07) is 8.63. The Labute approximate surface area is 184 Å². The fraction of sp³-hybridized carbons (Fsp3) is 0.429. The van der Waals surface area contributed by atoms with Crippen molar-refractivity contribution in [1.82, 2.24) is 10.1 Å². The molecular weight excluding hydrogens is 431 g/mol. The van der Waals surface area contributed by atoms with Crippen LogP contribution in [0.1, 0.15) is 47.5 Å². The molecule has 8 heteroatoms. The summed E-state index contributed by atoms with van der Waals surface area (Å²) in [4.78, 5) is 14.7. The van der Waals surface area contributed by atoms with E-state index in [-0.39, 0.29) is 24.0 Å². The lowest BCUT2D eigenvalue weighted by atomic mass is 9.91. The Morgan fingerprint density at radius 3 is 2.83 bits per heavy atom. The largest absolute Gasteiger partial charge is 0.356 e. The SMILES string of the molecule is CC(=O)c1ccc(SCCCN2CCC(c3noc4cc(F)ccc34)CC2)s1.Cl. The molecule has 1 aromatic carbocycles. The maximum Gasteiger partial charge on any atom is 0.170 e. The summed E-state index contributed by atoms with van der Waals surface area (Å²) < 4.78 is 19.9. The van der Waals surface area contributed by atoms with Crippen LogP contribution in [0.15, 0.2) is 39.1 Å². The molecule has 0 atom stereocenters. The van der Waals surface area contributed by atoms with Gasteiger partial charge in [-0.2, -0.15) is 0 Å². The minimum Gasteiger partial charge on any atom is -0.356 e. The van der Waals surface area contributed by atoms with E-state index in [9.17, 15) is 9.18 Å². The predicted octanol–water partition coefficient (Wildman–Crippen LogP) is 6.01. The van der Waals surface area contributed by atoms with Crippen LogP contribution in [-0.4, -0.2) is 41.2 Å². The molecule has 2 aromatic heterocycles. The quantitative estimate of drug-likeness (QED) is 0.248. The number of thioether (sulfide) groups is 1. The number of benzene rings is 1. The number of hydrogen-bond acceptors (Lipinski definition) is 6. The number of Topliss-reactive ketones (excluding diaryl/α,β-unsaturated/α-hetero) is 1. The lowest BCUT2D eigenvalue weighted by Crippen LogP contribution is -2.34. The van der Waals surface area contributed by atoms with Gasteiger partial charge in [0.1, 0.15) is 5.82 Å². The topological polar surface area (TPSA) is 46.3 Å². The van der Waals surface area contributed by atoms with Crippen molar-refractivity contribution in [1.29, 1.82) is 0 Å². The van der Waals surface area contributed by atoms with Crippen LogP contribution in [-0.2, 0) is 0 Å². The third kappa shape index (κ3) is 5.40. The number of aromatic nitrogens is 1. The monoisotopic (exact) mass is 454 g/mol. The second-order valence-electron chi connectivity index (χ2n) is 7.20. The van der Waals surface area contributed by atoms with E-state index in [0.717, 1.165) is 60.6 Å². The van der Waals surface area contributed by atoms with Gasteiger partial charge in [-0.15, -0.1) is 35.5 Å². The summed E-state index contributed by atoms with van der Waals surface area (Å²) in [7, 11) is 0. The number of carbonyl (C=O) groups excluding carboxylic acids is 1. The molecule has 29 heavy (non-hydrogen) atoms. The molecule has 0 saturated carbocycles. The summed E-state index contributed by atoms with van der Waals surface area (Å²) in [5.74, 6) is 1.30. The molecule has 0 amide bonds. The summed E-state index contributed by atoms with van der Waals surface area (Å²) in [6.07, 6.45) is 3.24. The fourth-order valence-electron chi connectivity index (χ4n) is 3.70. The van der Waals surface area contributed by atoms with Crippen LogP contribution in [0.25, 0.3) is 11.0 Å². The number of carbonyl (C=O) groups is 1. The summed E-state index contributed by atoms with van der Waals surface area (Å²) in [5.41, 5.74) is 1.51. The number of nitrogens with zero attached hydrogens (tertiary/aromatic N) is 2. The van der Waals surface area contributed by atoms with Crippen LogP contribution in [0.5, 0.6) is 0 Å². The van der Waals surface area contributed by atoms with Crippen LogP contribution in [0.2, 0.25) is 0 Å². The highest BCUT2D eigenvalue weighted by molar-refractivity contribution is 8.01. The Kier molecular flexibility index (Phi) is 7.73. The molecule has 0 aliphatic carbocycles. The van der Waals surface area contributed by atoms with Crippen molar-refractivity contribution in [2.45, 2.75) is 36.3 Å². The van der Waals surface area contributed by atoms with Crippen molar-refractivity contribution in [3.8, 4) is 0 Å². The Balaban J connectivity index is 0.00000240. The number of thiophene rings is 1. The van der Waals surface area contributed by atoms with Crippen LogP contribution >= 0.6 is 35.5 Å². The van der Waals surface area contributed by atoms with Gasteiger partial charge in [0, 0.05) is 23.1 Å². The van der Waals surface area contributed by atoms with Gasteiger partial charge in [0.15, 0.2) is 11.4 Å².